The number of carbonyl (C=O) groups is 1. The summed E-state index contributed by atoms with van der Waals surface area (Å²) in [5.41, 5.74) is 0.952. The summed E-state index contributed by atoms with van der Waals surface area (Å²) in [6.45, 7) is 7.43. The first-order valence-corrected chi connectivity index (χ1v) is 6.56. The second-order valence-corrected chi connectivity index (χ2v) is 5.46. The van der Waals surface area contributed by atoms with Crippen molar-refractivity contribution in [1.29, 1.82) is 0 Å². The average molecular weight is 240 g/mol. The lowest BCUT2D eigenvalue weighted by atomic mass is 10.2. The van der Waals surface area contributed by atoms with Crippen LogP contribution in [0.3, 0.4) is 0 Å². The number of aryl methyl sites for hydroxylation is 1. The number of hydrogen-bond donors (Lipinski definition) is 0. The monoisotopic (exact) mass is 240 g/mol. The van der Waals surface area contributed by atoms with E-state index >= 15 is 0 Å². The third-order valence-corrected chi connectivity index (χ3v) is 3.41. The van der Waals surface area contributed by atoms with E-state index in [-0.39, 0.29) is 0 Å². The number of aromatic nitrogens is 1. The van der Waals surface area contributed by atoms with Crippen LogP contribution in [0.15, 0.2) is 0 Å². The Morgan fingerprint density at radius 2 is 2.19 bits per heavy atom. The van der Waals surface area contributed by atoms with Crippen molar-refractivity contribution in [2.45, 2.75) is 33.6 Å². The van der Waals surface area contributed by atoms with Gasteiger partial charge in [-0.15, -0.1) is 0 Å². The van der Waals surface area contributed by atoms with Crippen LogP contribution in [0, 0.1) is 5.92 Å². The van der Waals surface area contributed by atoms with Gasteiger partial charge in [-0.05, 0) is 12.3 Å². The number of thiazole rings is 1. The van der Waals surface area contributed by atoms with E-state index in [9.17, 15) is 4.79 Å². The molecule has 1 aromatic heterocycles. The lowest BCUT2D eigenvalue weighted by Crippen LogP contribution is -2.22. The Morgan fingerprint density at radius 1 is 1.50 bits per heavy atom. The minimum atomic E-state index is 0.600. The van der Waals surface area contributed by atoms with Gasteiger partial charge in [0.2, 0.25) is 0 Å². The minimum absolute atomic E-state index is 0.600. The van der Waals surface area contributed by atoms with Crippen LogP contribution in [0.25, 0.3) is 0 Å². The third-order valence-electron chi connectivity index (χ3n) is 2.28. The molecule has 16 heavy (non-hydrogen) atoms. The zero-order chi connectivity index (χ0) is 12.1. The molecule has 0 spiro atoms. The Hall–Kier alpha value is -0.900. The summed E-state index contributed by atoms with van der Waals surface area (Å²) in [6.07, 6.45) is 2.84. The normalized spacial score (nSPS) is 10.8. The molecule has 0 saturated carbocycles. The molecule has 0 fully saturated rings. The van der Waals surface area contributed by atoms with Crippen molar-refractivity contribution >= 4 is 22.8 Å². The van der Waals surface area contributed by atoms with Gasteiger partial charge < -0.3 is 4.90 Å². The summed E-state index contributed by atoms with van der Waals surface area (Å²) < 4.78 is 0. The molecule has 1 rings (SSSR count). The maximum absolute atomic E-state index is 10.9. The molecule has 1 aromatic rings. The number of nitrogens with zero attached hydrogens (tertiary/aromatic N) is 2. The van der Waals surface area contributed by atoms with E-state index in [1.165, 1.54) is 11.3 Å². The van der Waals surface area contributed by atoms with Gasteiger partial charge in [0.25, 0.3) is 0 Å². The van der Waals surface area contributed by atoms with Gasteiger partial charge in [0.15, 0.2) is 11.4 Å². The van der Waals surface area contributed by atoms with Crippen LogP contribution in [0.4, 0.5) is 5.13 Å². The summed E-state index contributed by atoms with van der Waals surface area (Å²) in [4.78, 5) is 18.4. The topological polar surface area (TPSA) is 33.2 Å². The van der Waals surface area contributed by atoms with Crippen molar-refractivity contribution in [2.75, 3.05) is 18.5 Å². The van der Waals surface area contributed by atoms with E-state index in [0.29, 0.717) is 5.92 Å². The summed E-state index contributed by atoms with van der Waals surface area (Å²) in [5.74, 6) is 0.600. The quantitative estimate of drug-likeness (QED) is 0.717. The van der Waals surface area contributed by atoms with Gasteiger partial charge in [-0.2, -0.15) is 0 Å². The molecule has 0 bridgehead atoms. The predicted molar refractivity (Wildman–Crippen MR) is 69.6 cm³/mol. The van der Waals surface area contributed by atoms with Crippen LogP contribution in [0.5, 0.6) is 0 Å². The zero-order valence-corrected chi connectivity index (χ0v) is 11.3. The second-order valence-electron chi connectivity index (χ2n) is 4.45. The highest BCUT2D eigenvalue weighted by Crippen LogP contribution is 2.25. The fourth-order valence-corrected chi connectivity index (χ4v) is 2.54. The molecule has 0 atom stereocenters. The maximum Gasteiger partial charge on any atom is 0.185 e. The predicted octanol–water partition coefficient (Wildman–Crippen LogP) is 3.00. The van der Waals surface area contributed by atoms with E-state index in [1.807, 2.05) is 7.05 Å². The van der Waals surface area contributed by atoms with Gasteiger partial charge in [-0.1, -0.05) is 38.5 Å². The van der Waals surface area contributed by atoms with Crippen molar-refractivity contribution in [3.05, 3.63) is 10.6 Å². The van der Waals surface area contributed by atoms with Crippen LogP contribution < -0.4 is 4.90 Å². The van der Waals surface area contributed by atoms with Crippen LogP contribution in [0.2, 0.25) is 0 Å². The summed E-state index contributed by atoms with van der Waals surface area (Å²) in [7, 11) is 2.03. The van der Waals surface area contributed by atoms with Crippen molar-refractivity contribution in [1.82, 2.24) is 4.98 Å². The fourth-order valence-electron chi connectivity index (χ4n) is 1.65. The van der Waals surface area contributed by atoms with Gasteiger partial charge >= 0.3 is 0 Å². The lowest BCUT2D eigenvalue weighted by Gasteiger charge is -2.17. The first kappa shape index (κ1) is 13.2. The first-order valence-electron chi connectivity index (χ1n) is 5.74. The molecule has 0 aliphatic heterocycles. The van der Waals surface area contributed by atoms with Crippen molar-refractivity contribution in [2.24, 2.45) is 5.92 Å². The number of aldehydes is 1. The van der Waals surface area contributed by atoms with Gasteiger partial charge in [0.1, 0.15) is 0 Å². The fraction of sp³-hybridized carbons (Fsp3) is 0.667. The molecule has 90 valence electrons. The molecule has 0 aromatic carbocycles. The van der Waals surface area contributed by atoms with E-state index in [2.05, 4.69) is 30.7 Å². The largest absolute Gasteiger partial charge is 0.351 e. The van der Waals surface area contributed by atoms with Crippen LogP contribution in [-0.4, -0.2) is 24.9 Å². The smallest absolute Gasteiger partial charge is 0.185 e. The number of carbonyl (C=O) groups excluding carboxylic acids is 1. The standard InChI is InChI=1S/C12H20N2OS/c1-5-6-10-11(8-15)16-12(13-10)14(4)7-9(2)3/h8-9H,5-7H2,1-4H3. The lowest BCUT2D eigenvalue weighted by molar-refractivity contribution is 0.112. The highest BCUT2D eigenvalue weighted by molar-refractivity contribution is 7.17. The Labute approximate surface area is 101 Å². The molecule has 4 heteroatoms. The van der Waals surface area contributed by atoms with E-state index < -0.39 is 0 Å². The van der Waals surface area contributed by atoms with Gasteiger partial charge in [0.05, 0.1) is 10.6 Å². The van der Waals surface area contributed by atoms with Gasteiger partial charge in [0, 0.05) is 13.6 Å². The van der Waals surface area contributed by atoms with Crippen LogP contribution >= 0.6 is 11.3 Å². The number of anilines is 1. The van der Waals surface area contributed by atoms with Gasteiger partial charge in [-0.3, -0.25) is 4.79 Å². The van der Waals surface area contributed by atoms with Crippen molar-refractivity contribution in [3.63, 3.8) is 0 Å². The molecule has 3 nitrogen and oxygen atoms in total. The Morgan fingerprint density at radius 3 is 2.69 bits per heavy atom. The average Bonchev–Trinajstić information content (AvgIpc) is 2.61. The van der Waals surface area contributed by atoms with E-state index in [1.54, 1.807) is 0 Å². The summed E-state index contributed by atoms with van der Waals surface area (Å²) in [6, 6.07) is 0. The minimum Gasteiger partial charge on any atom is -0.351 e. The first-order chi connectivity index (χ1) is 7.58. The molecular formula is C12H20N2OS. The maximum atomic E-state index is 10.9. The van der Waals surface area contributed by atoms with Crippen molar-refractivity contribution < 1.29 is 4.79 Å². The third kappa shape index (κ3) is 3.30. The van der Waals surface area contributed by atoms with Crippen molar-refractivity contribution in [3.8, 4) is 0 Å². The molecule has 0 saturated heterocycles. The van der Waals surface area contributed by atoms with Crippen LogP contribution in [0.1, 0.15) is 42.6 Å². The molecule has 0 unspecified atom stereocenters. The van der Waals surface area contributed by atoms with E-state index in [4.69, 9.17) is 0 Å². The molecule has 0 amide bonds. The summed E-state index contributed by atoms with van der Waals surface area (Å²) in [5, 5.41) is 0.958. The SMILES string of the molecule is CCCc1nc(N(C)CC(C)C)sc1C=O. The van der Waals surface area contributed by atoms with Gasteiger partial charge in [-0.25, -0.2) is 4.98 Å². The van der Waals surface area contributed by atoms with Crippen LogP contribution in [-0.2, 0) is 6.42 Å². The Kier molecular flexibility index (Phi) is 4.93. The molecule has 0 aliphatic rings. The highest BCUT2D eigenvalue weighted by atomic mass is 32.1. The number of rotatable bonds is 6. The molecule has 0 N–H and O–H groups in total. The Bertz CT molecular complexity index is 347. The zero-order valence-electron chi connectivity index (χ0n) is 10.5. The molecular weight excluding hydrogens is 220 g/mol. The molecule has 0 aliphatic carbocycles. The Balaban J connectivity index is 2.84. The molecule has 0 radical (unpaired) electrons. The summed E-state index contributed by atoms with van der Waals surface area (Å²) >= 11 is 1.50. The second kappa shape index (κ2) is 5.99. The molecule has 1 heterocycles. The highest BCUT2D eigenvalue weighted by Gasteiger charge is 2.13. The number of hydrogen-bond acceptors (Lipinski definition) is 4. The van der Waals surface area contributed by atoms with E-state index in [0.717, 1.165) is 41.4 Å².